The fraction of sp³-hybridized carbons (Fsp3) is 0.267. The van der Waals surface area contributed by atoms with Crippen molar-refractivity contribution in [2.45, 2.75) is 19.3 Å². The monoisotopic (exact) mass is 239 g/mol. The van der Waals surface area contributed by atoms with Crippen molar-refractivity contribution >= 4 is 6.08 Å². The van der Waals surface area contributed by atoms with Crippen LogP contribution in [0.3, 0.4) is 0 Å². The molecule has 1 aliphatic rings. The molecule has 0 amide bonds. The molecule has 0 unspecified atom stereocenters. The first-order chi connectivity index (χ1) is 8.85. The van der Waals surface area contributed by atoms with E-state index in [0.717, 1.165) is 41.8 Å². The summed E-state index contributed by atoms with van der Waals surface area (Å²) in [5, 5.41) is 0. The first-order valence-corrected chi connectivity index (χ1v) is 5.80. The fourth-order valence-corrected chi connectivity index (χ4v) is 1.93. The summed E-state index contributed by atoms with van der Waals surface area (Å²) in [6.07, 6.45) is 4.27. The van der Waals surface area contributed by atoms with Crippen LogP contribution in [0.25, 0.3) is 0 Å². The topological polar surface area (TPSA) is 38.7 Å². The zero-order valence-corrected chi connectivity index (χ0v) is 10.2. The van der Waals surface area contributed by atoms with E-state index in [1.165, 1.54) is 0 Å². The normalized spacial score (nSPS) is 13.6. The Labute approximate surface area is 106 Å². The van der Waals surface area contributed by atoms with Crippen LogP contribution in [0.5, 0.6) is 5.75 Å². The van der Waals surface area contributed by atoms with Gasteiger partial charge in [-0.05, 0) is 31.4 Å². The second-order valence-electron chi connectivity index (χ2n) is 3.93. The second kappa shape index (κ2) is 5.86. The standard InChI is InChI=1S/C15H13NO2/c1-18-15-8-3-2-5-13(15)10-9-12-6-4-7-14(12)16-11-17/h2-3,5,8H,4,6-7H2,1H3. The van der Waals surface area contributed by atoms with E-state index in [2.05, 4.69) is 16.8 Å². The number of para-hydroxylation sites is 1. The lowest BCUT2D eigenvalue weighted by molar-refractivity contribution is 0.413. The zero-order chi connectivity index (χ0) is 12.8. The van der Waals surface area contributed by atoms with Crippen LogP contribution in [0.2, 0.25) is 0 Å². The third-order valence-corrected chi connectivity index (χ3v) is 2.82. The van der Waals surface area contributed by atoms with Gasteiger partial charge in [0.25, 0.3) is 0 Å². The lowest BCUT2D eigenvalue weighted by Crippen LogP contribution is -1.86. The van der Waals surface area contributed by atoms with Gasteiger partial charge in [-0.25, -0.2) is 4.79 Å². The zero-order valence-electron chi connectivity index (χ0n) is 10.2. The van der Waals surface area contributed by atoms with Crippen molar-refractivity contribution in [3.63, 3.8) is 0 Å². The van der Waals surface area contributed by atoms with Gasteiger partial charge in [0, 0.05) is 5.57 Å². The first kappa shape index (κ1) is 12.2. The van der Waals surface area contributed by atoms with Crippen molar-refractivity contribution in [2.24, 2.45) is 4.99 Å². The Morgan fingerprint density at radius 1 is 1.22 bits per heavy atom. The highest BCUT2D eigenvalue weighted by molar-refractivity contribution is 5.51. The van der Waals surface area contributed by atoms with Crippen LogP contribution in [0, 0.1) is 11.8 Å². The Balaban J connectivity index is 2.32. The average molecular weight is 239 g/mol. The molecule has 0 N–H and O–H groups in total. The van der Waals surface area contributed by atoms with Gasteiger partial charge in [-0.1, -0.05) is 24.0 Å². The van der Waals surface area contributed by atoms with Crippen molar-refractivity contribution in [1.29, 1.82) is 0 Å². The van der Waals surface area contributed by atoms with Gasteiger partial charge in [-0.3, -0.25) is 0 Å². The molecule has 1 aliphatic carbocycles. The Morgan fingerprint density at radius 2 is 2.06 bits per heavy atom. The minimum Gasteiger partial charge on any atom is -0.495 e. The molecule has 0 heterocycles. The maximum absolute atomic E-state index is 10.3. The number of methoxy groups -OCH3 is 1. The van der Waals surface area contributed by atoms with Crippen molar-refractivity contribution in [2.75, 3.05) is 7.11 Å². The number of hydrogen-bond donors (Lipinski definition) is 0. The molecule has 3 heteroatoms. The van der Waals surface area contributed by atoms with E-state index in [4.69, 9.17) is 4.74 Å². The van der Waals surface area contributed by atoms with Gasteiger partial charge < -0.3 is 4.74 Å². The maximum atomic E-state index is 10.3. The highest BCUT2D eigenvalue weighted by Gasteiger charge is 2.12. The fourth-order valence-electron chi connectivity index (χ4n) is 1.93. The van der Waals surface area contributed by atoms with Crippen LogP contribution in [-0.4, -0.2) is 13.2 Å². The van der Waals surface area contributed by atoms with Gasteiger partial charge in [-0.2, -0.15) is 4.99 Å². The van der Waals surface area contributed by atoms with Crippen molar-refractivity contribution in [3.8, 4) is 17.6 Å². The van der Waals surface area contributed by atoms with Crippen LogP contribution in [0.4, 0.5) is 0 Å². The van der Waals surface area contributed by atoms with Crippen molar-refractivity contribution in [1.82, 2.24) is 0 Å². The molecular weight excluding hydrogens is 226 g/mol. The largest absolute Gasteiger partial charge is 0.495 e. The van der Waals surface area contributed by atoms with Crippen LogP contribution in [0.15, 0.2) is 40.5 Å². The molecule has 0 spiro atoms. The Bertz CT molecular complexity index is 584. The van der Waals surface area contributed by atoms with Crippen molar-refractivity contribution < 1.29 is 9.53 Å². The van der Waals surface area contributed by atoms with E-state index >= 15 is 0 Å². The molecule has 1 aromatic rings. The first-order valence-electron chi connectivity index (χ1n) is 5.80. The van der Waals surface area contributed by atoms with Crippen LogP contribution >= 0.6 is 0 Å². The van der Waals surface area contributed by atoms with E-state index in [-0.39, 0.29) is 0 Å². The van der Waals surface area contributed by atoms with E-state index in [1.54, 1.807) is 13.2 Å². The highest BCUT2D eigenvalue weighted by Crippen LogP contribution is 2.26. The van der Waals surface area contributed by atoms with Gasteiger partial charge in [-0.15, -0.1) is 0 Å². The summed E-state index contributed by atoms with van der Waals surface area (Å²) in [5.74, 6) is 6.91. The molecule has 1 aromatic carbocycles. The molecule has 0 aromatic heterocycles. The number of ether oxygens (including phenoxy) is 1. The molecule has 0 fully saturated rings. The van der Waals surface area contributed by atoms with E-state index < -0.39 is 0 Å². The quantitative estimate of drug-likeness (QED) is 0.452. The summed E-state index contributed by atoms with van der Waals surface area (Å²) in [6.45, 7) is 0. The number of isocyanates is 1. The maximum Gasteiger partial charge on any atom is 0.240 e. The second-order valence-corrected chi connectivity index (χ2v) is 3.93. The van der Waals surface area contributed by atoms with Crippen LogP contribution < -0.4 is 4.74 Å². The minimum atomic E-state index is 0.754. The molecule has 90 valence electrons. The number of rotatable bonds is 2. The molecule has 0 aliphatic heterocycles. The Kier molecular flexibility index (Phi) is 3.96. The molecular formula is C15H13NO2. The van der Waals surface area contributed by atoms with Gasteiger partial charge in [0.1, 0.15) is 5.75 Å². The predicted octanol–water partition coefficient (Wildman–Crippen LogP) is 2.82. The van der Waals surface area contributed by atoms with Gasteiger partial charge in [0.15, 0.2) is 0 Å². The number of aliphatic imine (C=N–C) groups is 1. The van der Waals surface area contributed by atoms with E-state index in [0.29, 0.717) is 0 Å². The smallest absolute Gasteiger partial charge is 0.240 e. The van der Waals surface area contributed by atoms with Crippen LogP contribution in [-0.2, 0) is 4.79 Å². The predicted molar refractivity (Wildman–Crippen MR) is 68.9 cm³/mol. The summed E-state index contributed by atoms with van der Waals surface area (Å²) in [7, 11) is 1.62. The highest BCUT2D eigenvalue weighted by atomic mass is 16.5. The SMILES string of the molecule is COc1ccccc1C#CC1=C(N=C=O)CCC1. The molecule has 0 atom stereocenters. The summed E-state index contributed by atoms with van der Waals surface area (Å²) in [5.41, 5.74) is 2.55. The summed E-state index contributed by atoms with van der Waals surface area (Å²) in [4.78, 5) is 14.0. The number of nitrogens with zero attached hydrogens (tertiary/aromatic N) is 1. The van der Waals surface area contributed by atoms with Gasteiger partial charge >= 0.3 is 0 Å². The number of hydrogen-bond acceptors (Lipinski definition) is 3. The van der Waals surface area contributed by atoms with E-state index in [1.807, 2.05) is 24.3 Å². The third-order valence-electron chi connectivity index (χ3n) is 2.82. The molecule has 18 heavy (non-hydrogen) atoms. The van der Waals surface area contributed by atoms with Gasteiger partial charge in [0.2, 0.25) is 6.08 Å². The summed E-state index contributed by atoms with van der Waals surface area (Å²) in [6, 6.07) is 7.60. The molecule has 0 radical (unpaired) electrons. The molecule has 2 rings (SSSR count). The van der Waals surface area contributed by atoms with Crippen LogP contribution in [0.1, 0.15) is 24.8 Å². The lowest BCUT2D eigenvalue weighted by Gasteiger charge is -2.01. The Hall–Kier alpha value is -2.30. The number of carbonyl (C=O) groups excluding carboxylic acids is 1. The van der Waals surface area contributed by atoms with E-state index in [9.17, 15) is 4.79 Å². The lowest BCUT2D eigenvalue weighted by atomic mass is 10.1. The number of benzene rings is 1. The van der Waals surface area contributed by atoms with Gasteiger partial charge in [0.05, 0.1) is 18.4 Å². The van der Waals surface area contributed by atoms with Crippen molar-refractivity contribution in [3.05, 3.63) is 41.1 Å². The Morgan fingerprint density at radius 3 is 2.83 bits per heavy atom. The third kappa shape index (κ3) is 2.68. The molecule has 0 bridgehead atoms. The molecule has 3 nitrogen and oxygen atoms in total. The minimum absolute atomic E-state index is 0.754. The average Bonchev–Trinajstić information content (AvgIpc) is 2.84. The summed E-state index contributed by atoms with van der Waals surface area (Å²) >= 11 is 0. The molecule has 0 saturated heterocycles. The molecule has 0 saturated carbocycles. The summed E-state index contributed by atoms with van der Waals surface area (Å²) < 4.78 is 5.23. The number of allylic oxidation sites excluding steroid dienone is 2.